The molecule has 1 N–H and O–H groups in total. The minimum atomic E-state index is -4.66. The largest absolute Gasteiger partial charge is 0.481 e. The predicted molar refractivity (Wildman–Crippen MR) is 77.9 cm³/mol. The number of carbonyl (C=O) groups excluding carboxylic acids is 1. The van der Waals surface area contributed by atoms with Gasteiger partial charge in [0.15, 0.2) is 0 Å². The second kappa shape index (κ2) is 7.21. The standard InChI is InChI=1S/C16H18F3NO4/c1-10(24-9-11-5-3-2-4-6-11)14(21)20-7-12(15(22)23)13(8-20)16(17,18)19/h2-6,10,12-13H,7-9H2,1H3,(H,22,23)/t10?,12-,13-/m1/s1. The van der Waals surface area contributed by atoms with Crippen LogP contribution in [0.4, 0.5) is 13.2 Å². The highest BCUT2D eigenvalue weighted by Gasteiger charge is 2.53. The van der Waals surface area contributed by atoms with E-state index in [4.69, 9.17) is 9.84 Å². The number of carboxylic acids is 1. The van der Waals surface area contributed by atoms with Gasteiger partial charge in [-0.3, -0.25) is 9.59 Å². The lowest BCUT2D eigenvalue weighted by Gasteiger charge is -2.21. The molecule has 0 aromatic heterocycles. The van der Waals surface area contributed by atoms with E-state index in [9.17, 15) is 22.8 Å². The van der Waals surface area contributed by atoms with Crippen LogP contribution in [0, 0.1) is 11.8 Å². The summed E-state index contributed by atoms with van der Waals surface area (Å²) in [5, 5.41) is 8.97. The first kappa shape index (κ1) is 18.3. The Morgan fingerprint density at radius 1 is 1.29 bits per heavy atom. The van der Waals surface area contributed by atoms with Crippen LogP contribution in [0.25, 0.3) is 0 Å². The number of halogens is 3. The molecule has 0 spiro atoms. The summed E-state index contributed by atoms with van der Waals surface area (Å²) in [4.78, 5) is 24.2. The average molecular weight is 345 g/mol. The third kappa shape index (κ3) is 4.25. The molecule has 1 saturated heterocycles. The van der Waals surface area contributed by atoms with E-state index in [1.54, 1.807) is 24.3 Å². The van der Waals surface area contributed by atoms with Crippen molar-refractivity contribution in [3.63, 3.8) is 0 Å². The van der Waals surface area contributed by atoms with Crippen molar-refractivity contribution in [2.45, 2.75) is 25.8 Å². The quantitative estimate of drug-likeness (QED) is 0.889. The Balaban J connectivity index is 1.97. The lowest BCUT2D eigenvalue weighted by molar-refractivity contribution is -0.188. The van der Waals surface area contributed by atoms with Crippen molar-refractivity contribution >= 4 is 11.9 Å². The van der Waals surface area contributed by atoms with Gasteiger partial charge in [-0.25, -0.2) is 0 Å². The number of rotatable bonds is 5. The van der Waals surface area contributed by atoms with E-state index in [0.717, 1.165) is 10.5 Å². The summed E-state index contributed by atoms with van der Waals surface area (Å²) in [6, 6.07) is 9.03. The number of alkyl halides is 3. The summed E-state index contributed by atoms with van der Waals surface area (Å²) >= 11 is 0. The lowest BCUT2D eigenvalue weighted by Crippen LogP contribution is -2.38. The fourth-order valence-corrected chi connectivity index (χ4v) is 2.69. The van der Waals surface area contributed by atoms with E-state index >= 15 is 0 Å². The minimum Gasteiger partial charge on any atom is -0.481 e. The molecule has 1 amide bonds. The topological polar surface area (TPSA) is 66.8 Å². The molecule has 132 valence electrons. The number of likely N-dealkylation sites (tertiary alicyclic amines) is 1. The Morgan fingerprint density at radius 3 is 2.42 bits per heavy atom. The van der Waals surface area contributed by atoms with Gasteiger partial charge in [0.05, 0.1) is 18.4 Å². The first-order valence-corrected chi connectivity index (χ1v) is 7.44. The lowest BCUT2D eigenvalue weighted by atomic mass is 9.96. The average Bonchev–Trinajstić information content (AvgIpc) is 2.98. The highest BCUT2D eigenvalue weighted by Crippen LogP contribution is 2.38. The Labute approximate surface area is 137 Å². The molecule has 0 aliphatic carbocycles. The van der Waals surface area contributed by atoms with Crippen LogP contribution in [0.3, 0.4) is 0 Å². The normalized spacial score (nSPS) is 22.4. The molecule has 1 aromatic carbocycles. The van der Waals surface area contributed by atoms with E-state index in [-0.39, 0.29) is 6.61 Å². The Morgan fingerprint density at radius 2 is 1.92 bits per heavy atom. The van der Waals surface area contributed by atoms with E-state index in [2.05, 4.69) is 0 Å². The van der Waals surface area contributed by atoms with E-state index < -0.39 is 49.1 Å². The van der Waals surface area contributed by atoms with Crippen molar-refractivity contribution < 1.29 is 32.6 Å². The van der Waals surface area contributed by atoms with Crippen molar-refractivity contribution in [2.75, 3.05) is 13.1 Å². The zero-order valence-electron chi connectivity index (χ0n) is 13.0. The summed E-state index contributed by atoms with van der Waals surface area (Å²) in [6.45, 7) is 0.477. The molecule has 1 heterocycles. The Kier molecular flexibility index (Phi) is 5.48. The first-order chi connectivity index (χ1) is 11.2. The molecule has 0 saturated carbocycles. The van der Waals surface area contributed by atoms with Crippen LogP contribution in [0.1, 0.15) is 12.5 Å². The van der Waals surface area contributed by atoms with Crippen LogP contribution in [0.5, 0.6) is 0 Å². The third-order valence-electron chi connectivity index (χ3n) is 4.06. The molecule has 1 aliphatic heterocycles. The molecule has 2 rings (SSSR count). The second-order valence-corrected chi connectivity index (χ2v) is 5.77. The third-order valence-corrected chi connectivity index (χ3v) is 4.06. The van der Waals surface area contributed by atoms with Crippen LogP contribution in [-0.4, -0.2) is 47.3 Å². The number of benzene rings is 1. The smallest absolute Gasteiger partial charge is 0.394 e. The molecule has 1 unspecified atom stereocenters. The van der Waals surface area contributed by atoms with Gasteiger partial charge in [0.1, 0.15) is 6.10 Å². The number of hydrogen-bond acceptors (Lipinski definition) is 3. The van der Waals surface area contributed by atoms with Crippen molar-refractivity contribution in [3.8, 4) is 0 Å². The van der Waals surface area contributed by atoms with Crippen molar-refractivity contribution in [3.05, 3.63) is 35.9 Å². The highest BCUT2D eigenvalue weighted by atomic mass is 19.4. The number of carbonyl (C=O) groups is 2. The van der Waals surface area contributed by atoms with Gasteiger partial charge in [-0.05, 0) is 12.5 Å². The van der Waals surface area contributed by atoms with Crippen molar-refractivity contribution in [2.24, 2.45) is 11.8 Å². The number of nitrogens with zero attached hydrogens (tertiary/aromatic N) is 1. The van der Waals surface area contributed by atoms with Crippen LogP contribution in [0.2, 0.25) is 0 Å². The van der Waals surface area contributed by atoms with Gasteiger partial charge in [0.25, 0.3) is 5.91 Å². The monoisotopic (exact) mass is 345 g/mol. The Hall–Kier alpha value is -2.09. The maximum absolute atomic E-state index is 12.9. The number of amides is 1. The van der Waals surface area contributed by atoms with E-state index in [1.807, 2.05) is 6.07 Å². The first-order valence-electron chi connectivity index (χ1n) is 7.44. The molecule has 1 fully saturated rings. The van der Waals surface area contributed by atoms with Crippen LogP contribution < -0.4 is 0 Å². The van der Waals surface area contributed by atoms with Gasteiger partial charge in [0.2, 0.25) is 0 Å². The van der Waals surface area contributed by atoms with E-state index in [0.29, 0.717) is 0 Å². The van der Waals surface area contributed by atoms with Gasteiger partial charge < -0.3 is 14.7 Å². The number of carboxylic acid groups (broad SMARTS) is 1. The molecule has 1 aromatic rings. The van der Waals surface area contributed by atoms with E-state index in [1.165, 1.54) is 6.92 Å². The fraction of sp³-hybridized carbons (Fsp3) is 0.500. The van der Waals surface area contributed by atoms with Crippen LogP contribution in [-0.2, 0) is 20.9 Å². The number of aliphatic carboxylic acids is 1. The molecule has 1 aliphatic rings. The maximum Gasteiger partial charge on any atom is 0.394 e. The molecule has 3 atom stereocenters. The number of ether oxygens (including phenoxy) is 1. The van der Waals surface area contributed by atoms with Gasteiger partial charge in [-0.15, -0.1) is 0 Å². The highest BCUT2D eigenvalue weighted by molar-refractivity contribution is 5.82. The molecule has 0 bridgehead atoms. The summed E-state index contributed by atoms with van der Waals surface area (Å²) in [5.74, 6) is -5.88. The zero-order valence-corrected chi connectivity index (χ0v) is 13.0. The summed E-state index contributed by atoms with van der Waals surface area (Å²) in [7, 11) is 0. The van der Waals surface area contributed by atoms with Gasteiger partial charge in [0, 0.05) is 13.1 Å². The van der Waals surface area contributed by atoms with Gasteiger partial charge in [-0.1, -0.05) is 30.3 Å². The molecule has 24 heavy (non-hydrogen) atoms. The SMILES string of the molecule is CC(OCc1ccccc1)C(=O)N1C[C@@H](C(F)(F)F)[C@H](C(=O)O)C1. The van der Waals surface area contributed by atoms with Gasteiger partial charge >= 0.3 is 12.1 Å². The zero-order chi connectivity index (χ0) is 17.9. The predicted octanol–water partition coefficient (Wildman–Crippen LogP) is 2.31. The second-order valence-electron chi connectivity index (χ2n) is 5.77. The van der Waals surface area contributed by atoms with Gasteiger partial charge in [-0.2, -0.15) is 13.2 Å². The fourth-order valence-electron chi connectivity index (χ4n) is 2.69. The molecular weight excluding hydrogens is 327 g/mol. The maximum atomic E-state index is 12.9. The molecule has 8 heteroatoms. The molecular formula is C16H18F3NO4. The Bertz CT molecular complexity index is 591. The van der Waals surface area contributed by atoms with Crippen molar-refractivity contribution in [1.29, 1.82) is 0 Å². The minimum absolute atomic E-state index is 0.145. The summed E-state index contributed by atoms with van der Waals surface area (Å²) < 4.78 is 44.2. The molecule has 0 radical (unpaired) electrons. The summed E-state index contributed by atoms with van der Waals surface area (Å²) in [5.41, 5.74) is 0.829. The number of hydrogen-bond donors (Lipinski definition) is 1. The van der Waals surface area contributed by atoms with Crippen LogP contribution >= 0.6 is 0 Å². The molecule has 5 nitrogen and oxygen atoms in total. The van der Waals surface area contributed by atoms with Crippen molar-refractivity contribution in [1.82, 2.24) is 4.90 Å². The summed E-state index contributed by atoms with van der Waals surface area (Å²) in [6.07, 6.45) is -5.61. The van der Waals surface area contributed by atoms with Crippen LogP contribution in [0.15, 0.2) is 30.3 Å².